The van der Waals surface area contributed by atoms with Gasteiger partial charge in [-0.25, -0.2) is 21.2 Å². The monoisotopic (exact) mass is 414 g/mol. The third kappa shape index (κ3) is 3.86. The highest BCUT2D eigenvalue weighted by Crippen LogP contribution is 2.31. The van der Waals surface area contributed by atoms with Gasteiger partial charge in [-0.05, 0) is 49.2 Å². The van der Waals surface area contributed by atoms with Crippen molar-refractivity contribution in [3.8, 4) is 5.75 Å². The van der Waals surface area contributed by atoms with Crippen LogP contribution in [0.25, 0.3) is 0 Å². The molecule has 1 fully saturated rings. The quantitative estimate of drug-likeness (QED) is 0.811. The smallest absolute Gasteiger partial charge is 0.265 e. The molecule has 1 aliphatic rings. The van der Waals surface area contributed by atoms with E-state index in [9.17, 15) is 21.2 Å². The molecule has 0 amide bonds. The van der Waals surface area contributed by atoms with Crippen LogP contribution >= 0.6 is 0 Å². The van der Waals surface area contributed by atoms with Crippen LogP contribution in [0.1, 0.15) is 12.0 Å². The second kappa shape index (κ2) is 7.01. The lowest BCUT2D eigenvalue weighted by molar-refractivity contribution is 0.401. The fraction of sp³-hybridized carbons (Fsp3) is 0.294. The first-order chi connectivity index (χ1) is 12.6. The van der Waals surface area contributed by atoms with E-state index in [4.69, 9.17) is 4.74 Å². The molecule has 7 nitrogen and oxygen atoms in total. The number of sulfonamides is 2. The summed E-state index contributed by atoms with van der Waals surface area (Å²) in [6.07, 6.45) is 0.512. The number of methoxy groups -OCH3 is 1. The van der Waals surface area contributed by atoms with Crippen LogP contribution in [0.3, 0.4) is 0 Å². The molecule has 2 aromatic rings. The summed E-state index contributed by atoms with van der Waals surface area (Å²) in [6, 6.07) is 7.90. The summed E-state index contributed by atoms with van der Waals surface area (Å²) in [5, 5.41) is 0. The van der Waals surface area contributed by atoms with Gasteiger partial charge < -0.3 is 4.74 Å². The Labute approximate surface area is 157 Å². The normalized spacial score (nSPS) is 16.3. The van der Waals surface area contributed by atoms with Gasteiger partial charge in [-0.3, -0.25) is 9.03 Å². The number of hydrogen-bond donors (Lipinski definition) is 1. The highest BCUT2D eigenvalue weighted by Gasteiger charge is 2.29. The molecule has 0 saturated carbocycles. The van der Waals surface area contributed by atoms with Crippen molar-refractivity contribution < 1.29 is 26.0 Å². The third-order valence-corrected chi connectivity index (χ3v) is 7.52. The zero-order chi connectivity index (χ0) is 19.8. The van der Waals surface area contributed by atoms with Gasteiger partial charge in [0.2, 0.25) is 10.0 Å². The van der Waals surface area contributed by atoms with Gasteiger partial charge in [-0.1, -0.05) is 6.07 Å². The largest absolute Gasteiger partial charge is 0.495 e. The van der Waals surface area contributed by atoms with Gasteiger partial charge in [0, 0.05) is 6.54 Å². The topological polar surface area (TPSA) is 92.8 Å². The lowest BCUT2D eigenvalue weighted by Gasteiger charge is -2.19. The minimum absolute atomic E-state index is 0.000159. The van der Waals surface area contributed by atoms with Crippen LogP contribution in [0.4, 0.5) is 15.8 Å². The highest BCUT2D eigenvalue weighted by atomic mass is 32.2. The maximum atomic E-state index is 13.6. The van der Waals surface area contributed by atoms with E-state index in [0.717, 1.165) is 12.1 Å². The molecular formula is C17H19FN2O5S2. The Bertz CT molecular complexity index is 1080. The zero-order valence-corrected chi connectivity index (χ0v) is 16.4. The molecule has 1 aliphatic heterocycles. The second-order valence-electron chi connectivity index (χ2n) is 6.14. The van der Waals surface area contributed by atoms with E-state index >= 15 is 0 Å². The average Bonchev–Trinajstić information content (AvgIpc) is 2.96. The molecule has 27 heavy (non-hydrogen) atoms. The van der Waals surface area contributed by atoms with Crippen molar-refractivity contribution in [2.24, 2.45) is 0 Å². The Morgan fingerprint density at radius 3 is 2.56 bits per heavy atom. The molecule has 0 bridgehead atoms. The standard InChI is InChI=1S/C17H19FN2O5S2/c1-12-4-6-14(20-8-3-9-26(20,21)22)11-15(12)19-27(23,24)17-10-13(18)5-7-16(17)25-2/h4-7,10-11,19H,3,8-9H2,1-2H3. The first kappa shape index (κ1) is 19.4. The van der Waals surface area contributed by atoms with E-state index < -0.39 is 25.9 Å². The molecular weight excluding hydrogens is 395 g/mol. The number of benzene rings is 2. The van der Waals surface area contributed by atoms with E-state index in [1.54, 1.807) is 19.1 Å². The Morgan fingerprint density at radius 2 is 1.93 bits per heavy atom. The predicted molar refractivity (Wildman–Crippen MR) is 101 cm³/mol. The molecule has 1 N–H and O–H groups in total. The molecule has 0 atom stereocenters. The molecule has 0 aliphatic carbocycles. The summed E-state index contributed by atoms with van der Waals surface area (Å²) in [5.74, 6) is -0.660. The molecule has 3 rings (SSSR count). The van der Waals surface area contributed by atoms with Crippen LogP contribution in [0.5, 0.6) is 5.75 Å². The van der Waals surface area contributed by atoms with Gasteiger partial charge in [0.1, 0.15) is 16.5 Å². The summed E-state index contributed by atoms with van der Waals surface area (Å²) in [7, 11) is -6.26. The number of aryl methyl sites for hydroxylation is 1. The number of ether oxygens (including phenoxy) is 1. The summed E-state index contributed by atoms with van der Waals surface area (Å²) in [5.41, 5.74) is 1.18. The van der Waals surface area contributed by atoms with E-state index in [1.165, 1.54) is 23.5 Å². The summed E-state index contributed by atoms with van der Waals surface area (Å²) >= 11 is 0. The number of rotatable bonds is 5. The number of nitrogens with zero attached hydrogens (tertiary/aromatic N) is 1. The summed E-state index contributed by atoms with van der Waals surface area (Å²) < 4.78 is 72.0. The minimum atomic E-state index is -4.15. The number of hydrogen-bond acceptors (Lipinski definition) is 5. The van der Waals surface area contributed by atoms with Crippen molar-refractivity contribution >= 4 is 31.4 Å². The molecule has 0 spiro atoms. The van der Waals surface area contributed by atoms with Gasteiger partial charge in [0.25, 0.3) is 10.0 Å². The van der Waals surface area contributed by atoms with Crippen molar-refractivity contribution in [3.63, 3.8) is 0 Å². The molecule has 10 heteroatoms. The van der Waals surface area contributed by atoms with Crippen LogP contribution in [-0.2, 0) is 20.0 Å². The molecule has 1 saturated heterocycles. The highest BCUT2D eigenvalue weighted by molar-refractivity contribution is 7.93. The molecule has 146 valence electrons. The summed E-state index contributed by atoms with van der Waals surface area (Å²) in [4.78, 5) is -0.344. The zero-order valence-electron chi connectivity index (χ0n) is 14.8. The SMILES string of the molecule is COc1ccc(F)cc1S(=O)(=O)Nc1cc(N2CCCS2(=O)=O)ccc1C. The number of nitrogens with one attached hydrogen (secondary N) is 1. The van der Waals surface area contributed by atoms with Gasteiger partial charge in [-0.2, -0.15) is 0 Å². The van der Waals surface area contributed by atoms with Crippen molar-refractivity contribution in [1.82, 2.24) is 0 Å². The first-order valence-electron chi connectivity index (χ1n) is 8.11. The van der Waals surface area contributed by atoms with Crippen molar-refractivity contribution in [3.05, 3.63) is 47.8 Å². The van der Waals surface area contributed by atoms with Crippen molar-refractivity contribution in [2.75, 3.05) is 28.4 Å². The van der Waals surface area contributed by atoms with E-state index in [1.807, 2.05) is 0 Å². The van der Waals surface area contributed by atoms with Crippen LogP contribution in [-0.4, -0.2) is 36.2 Å². The molecule has 0 radical (unpaired) electrons. The first-order valence-corrected chi connectivity index (χ1v) is 11.2. The van der Waals surface area contributed by atoms with Crippen molar-refractivity contribution in [1.29, 1.82) is 0 Å². The Hall–Kier alpha value is -2.33. The summed E-state index contributed by atoms with van der Waals surface area (Å²) in [6.45, 7) is 2.03. The molecule has 0 unspecified atom stereocenters. The maximum absolute atomic E-state index is 13.6. The lowest BCUT2D eigenvalue weighted by atomic mass is 10.2. The van der Waals surface area contributed by atoms with Gasteiger partial charge in [-0.15, -0.1) is 0 Å². The van der Waals surface area contributed by atoms with Crippen molar-refractivity contribution in [2.45, 2.75) is 18.2 Å². The van der Waals surface area contributed by atoms with E-state index in [-0.39, 0.29) is 22.1 Å². The van der Waals surface area contributed by atoms with Crippen LogP contribution in [0.15, 0.2) is 41.3 Å². The van der Waals surface area contributed by atoms with E-state index in [2.05, 4.69) is 4.72 Å². The van der Waals surface area contributed by atoms with Crippen LogP contribution < -0.4 is 13.8 Å². The lowest BCUT2D eigenvalue weighted by Crippen LogP contribution is -2.25. The molecule has 0 aromatic heterocycles. The Balaban J connectivity index is 2.00. The Morgan fingerprint density at radius 1 is 1.19 bits per heavy atom. The fourth-order valence-electron chi connectivity index (χ4n) is 2.86. The Kier molecular flexibility index (Phi) is 5.04. The fourth-order valence-corrected chi connectivity index (χ4v) is 5.72. The van der Waals surface area contributed by atoms with Gasteiger partial charge in [0.15, 0.2) is 0 Å². The van der Waals surface area contributed by atoms with Gasteiger partial charge in [0.05, 0.1) is 24.2 Å². The second-order valence-corrected chi connectivity index (χ2v) is 9.81. The molecule has 2 aromatic carbocycles. The number of anilines is 2. The number of halogens is 1. The van der Waals surface area contributed by atoms with Crippen LogP contribution in [0.2, 0.25) is 0 Å². The van der Waals surface area contributed by atoms with E-state index in [0.29, 0.717) is 24.2 Å². The molecule has 1 heterocycles. The maximum Gasteiger partial charge on any atom is 0.265 e. The average molecular weight is 414 g/mol. The van der Waals surface area contributed by atoms with Gasteiger partial charge >= 0.3 is 0 Å². The van der Waals surface area contributed by atoms with Crippen LogP contribution in [0, 0.1) is 12.7 Å². The minimum Gasteiger partial charge on any atom is -0.495 e. The predicted octanol–water partition coefficient (Wildman–Crippen LogP) is 2.48. The third-order valence-electron chi connectivity index (χ3n) is 4.27.